The van der Waals surface area contributed by atoms with Crippen LogP contribution in [0.4, 0.5) is 0 Å². The number of H-pyrrole nitrogens is 1. The minimum absolute atomic E-state index is 0.694. The number of aromatic nitrogens is 2. The van der Waals surface area contributed by atoms with E-state index in [2.05, 4.69) is 22.2 Å². The third kappa shape index (κ3) is 1.82. The summed E-state index contributed by atoms with van der Waals surface area (Å²) in [6.07, 6.45) is 5.36. The van der Waals surface area contributed by atoms with Crippen molar-refractivity contribution in [2.24, 2.45) is 0 Å². The topological polar surface area (TPSA) is 40.7 Å². The van der Waals surface area contributed by atoms with E-state index in [1.54, 1.807) is 0 Å². The highest BCUT2D eigenvalue weighted by Crippen LogP contribution is 2.32. The minimum atomic E-state index is 0.694. The van der Waals surface area contributed by atoms with Gasteiger partial charge in [-0.2, -0.15) is 0 Å². The van der Waals surface area contributed by atoms with Crippen molar-refractivity contribution in [1.82, 2.24) is 15.3 Å². The smallest absolute Gasteiger partial charge is 0.109 e. The molecule has 1 aromatic heterocycles. The molecule has 0 saturated heterocycles. The SMILES string of the molecule is CNCc1nc(C2CCCC2)[nH]c1C. The molecular weight excluding hydrogens is 174 g/mol. The lowest BCUT2D eigenvalue weighted by atomic mass is 10.1. The Morgan fingerprint density at radius 3 is 2.79 bits per heavy atom. The second kappa shape index (κ2) is 4.13. The molecule has 0 aromatic carbocycles. The zero-order chi connectivity index (χ0) is 9.97. The number of aromatic amines is 1. The van der Waals surface area contributed by atoms with Crippen molar-refractivity contribution in [2.75, 3.05) is 7.05 Å². The summed E-state index contributed by atoms with van der Waals surface area (Å²) in [5.74, 6) is 1.91. The maximum Gasteiger partial charge on any atom is 0.109 e. The van der Waals surface area contributed by atoms with Crippen molar-refractivity contribution in [3.05, 3.63) is 17.2 Å². The molecule has 0 radical (unpaired) electrons. The maximum absolute atomic E-state index is 4.66. The molecule has 14 heavy (non-hydrogen) atoms. The second-order valence-corrected chi connectivity index (χ2v) is 4.21. The fraction of sp³-hybridized carbons (Fsp3) is 0.727. The monoisotopic (exact) mass is 193 g/mol. The van der Waals surface area contributed by atoms with Crippen molar-refractivity contribution < 1.29 is 0 Å². The van der Waals surface area contributed by atoms with Gasteiger partial charge in [-0.15, -0.1) is 0 Å². The van der Waals surface area contributed by atoms with Crippen molar-refractivity contribution >= 4 is 0 Å². The Hall–Kier alpha value is -0.830. The van der Waals surface area contributed by atoms with E-state index in [0.717, 1.165) is 6.54 Å². The average molecular weight is 193 g/mol. The van der Waals surface area contributed by atoms with E-state index in [1.165, 1.54) is 42.9 Å². The zero-order valence-electron chi connectivity index (χ0n) is 9.06. The van der Waals surface area contributed by atoms with E-state index >= 15 is 0 Å². The normalized spacial score (nSPS) is 17.9. The Labute approximate surface area is 85.3 Å². The molecule has 2 rings (SSSR count). The van der Waals surface area contributed by atoms with E-state index in [9.17, 15) is 0 Å². The van der Waals surface area contributed by atoms with Crippen LogP contribution >= 0.6 is 0 Å². The Kier molecular flexibility index (Phi) is 2.87. The lowest BCUT2D eigenvalue weighted by Crippen LogP contribution is -2.06. The molecule has 78 valence electrons. The Balaban J connectivity index is 2.14. The summed E-state index contributed by atoms with van der Waals surface area (Å²) in [6, 6.07) is 0. The van der Waals surface area contributed by atoms with Gasteiger partial charge in [0.1, 0.15) is 5.82 Å². The Morgan fingerprint density at radius 2 is 2.14 bits per heavy atom. The number of rotatable bonds is 3. The molecule has 0 spiro atoms. The van der Waals surface area contributed by atoms with E-state index < -0.39 is 0 Å². The van der Waals surface area contributed by atoms with Gasteiger partial charge in [-0.3, -0.25) is 0 Å². The van der Waals surface area contributed by atoms with Crippen LogP contribution in [0.2, 0.25) is 0 Å². The molecule has 0 amide bonds. The van der Waals surface area contributed by atoms with Crippen LogP contribution in [-0.2, 0) is 6.54 Å². The van der Waals surface area contributed by atoms with Crippen molar-refractivity contribution in [3.8, 4) is 0 Å². The van der Waals surface area contributed by atoms with E-state index in [1.807, 2.05) is 7.05 Å². The third-order valence-corrected chi connectivity index (χ3v) is 3.09. The summed E-state index contributed by atoms with van der Waals surface area (Å²) in [6.45, 7) is 2.98. The van der Waals surface area contributed by atoms with Gasteiger partial charge in [-0.25, -0.2) is 4.98 Å². The van der Waals surface area contributed by atoms with Gasteiger partial charge in [0.25, 0.3) is 0 Å². The predicted octanol–water partition coefficient (Wildman–Crippen LogP) is 2.10. The fourth-order valence-corrected chi connectivity index (χ4v) is 2.25. The average Bonchev–Trinajstić information content (AvgIpc) is 2.76. The van der Waals surface area contributed by atoms with E-state index in [-0.39, 0.29) is 0 Å². The van der Waals surface area contributed by atoms with Crippen LogP contribution in [0.1, 0.15) is 48.8 Å². The first-order valence-corrected chi connectivity index (χ1v) is 5.51. The highest BCUT2D eigenvalue weighted by atomic mass is 15.0. The Morgan fingerprint density at radius 1 is 1.43 bits per heavy atom. The molecule has 1 saturated carbocycles. The molecule has 2 N–H and O–H groups in total. The highest BCUT2D eigenvalue weighted by molar-refractivity contribution is 5.15. The van der Waals surface area contributed by atoms with Gasteiger partial charge in [-0.05, 0) is 26.8 Å². The van der Waals surface area contributed by atoms with Crippen LogP contribution in [0.3, 0.4) is 0 Å². The summed E-state index contributed by atoms with van der Waals surface area (Å²) >= 11 is 0. The van der Waals surface area contributed by atoms with Crippen molar-refractivity contribution in [3.63, 3.8) is 0 Å². The molecule has 0 aliphatic heterocycles. The largest absolute Gasteiger partial charge is 0.346 e. The number of imidazole rings is 1. The summed E-state index contributed by atoms with van der Waals surface area (Å²) < 4.78 is 0. The molecule has 0 atom stereocenters. The Bertz CT molecular complexity index is 297. The van der Waals surface area contributed by atoms with Crippen molar-refractivity contribution in [1.29, 1.82) is 0 Å². The molecule has 1 aliphatic carbocycles. The lowest BCUT2D eigenvalue weighted by Gasteiger charge is -2.03. The van der Waals surface area contributed by atoms with E-state index in [4.69, 9.17) is 0 Å². The van der Waals surface area contributed by atoms with Crippen molar-refractivity contribution in [2.45, 2.75) is 45.1 Å². The number of hydrogen-bond donors (Lipinski definition) is 2. The molecule has 0 unspecified atom stereocenters. The first-order valence-electron chi connectivity index (χ1n) is 5.51. The quantitative estimate of drug-likeness (QED) is 0.771. The van der Waals surface area contributed by atoms with Crippen LogP contribution < -0.4 is 5.32 Å². The fourth-order valence-electron chi connectivity index (χ4n) is 2.25. The third-order valence-electron chi connectivity index (χ3n) is 3.09. The number of nitrogens with one attached hydrogen (secondary N) is 2. The first kappa shape index (κ1) is 9.71. The molecule has 1 aliphatic rings. The van der Waals surface area contributed by atoms with Crippen LogP contribution in [0, 0.1) is 6.92 Å². The molecule has 1 fully saturated rings. The molecule has 3 heteroatoms. The van der Waals surface area contributed by atoms with Gasteiger partial charge in [0.05, 0.1) is 5.69 Å². The molecular formula is C11H19N3. The lowest BCUT2D eigenvalue weighted by molar-refractivity contribution is 0.673. The molecule has 3 nitrogen and oxygen atoms in total. The van der Waals surface area contributed by atoms with Crippen LogP contribution in [0.5, 0.6) is 0 Å². The van der Waals surface area contributed by atoms with Crippen LogP contribution in [-0.4, -0.2) is 17.0 Å². The second-order valence-electron chi connectivity index (χ2n) is 4.21. The number of nitrogens with zero attached hydrogens (tertiary/aromatic N) is 1. The molecule has 1 aromatic rings. The predicted molar refractivity (Wildman–Crippen MR) is 57.3 cm³/mol. The van der Waals surface area contributed by atoms with Gasteiger partial charge in [-0.1, -0.05) is 12.8 Å². The van der Waals surface area contributed by atoms with Gasteiger partial charge in [0.15, 0.2) is 0 Å². The zero-order valence-corrected chi connectivity index (χ0v) is 9.06. The summed E-state index contributed by atoms with van der Waals surface area (Å²) in [7, 11) is 1.96. The molecule has 0 bridgehead atoms. The van der Waals surface area contributed by atoms with Gasteiger partial charge >= 0.3 is 0 Å². The number of hydrogen-bond acceptors (Lipinski definition) is 2. The number of aryl methyl sites for hydroxylation is 1. The van der Waals surface area contributed by atoms with Crippen LogP contribution in [0.25, 0.3) is 0 Å². The maximum atomic E-state index is 4.66. The minimum Gasteiger partial charge on any atom is -0.346 e. The van der Waals surface area contributed by atoms with Crippen LogP contribution in [0.15, 0.2) is 0 Å². The summed E-state index contributed by atoms with van der Waals surface area (Å²) in [5, 5.41) is 3.15. The first-order chi connectivity index (χ1) is 6.81. The summed E-state index contributed by atoms with van der Waals surface area (Å²) in [5.41, 5.74) is 2.40. The highest BCUT2D eigenvalue weighted by Gasteiger charge is 2.20. The van der Waals surface area contributed by atoms with E-state index in [0.29, 0.717) is 5.92 Å². The standard InChI is InChI=1S/C11H19N3/c1-8-10(7-12-2)14-11(13-8)9-5-3-4-6-9/h9,12H,3-7H2,1-2H3,(H,13,14). The summed E-state index contributed by atoms with van der Waals surface area (Å²) in [4.78, 5) is 8.08. The van der Waals surface area contributed by atoms with Gasteiger partial charge in [0, 0.05) is 18.2 Å². The van der Waals surface area contributed by atoms with Gasteiger partial charge in [0.2, 0.25) is 0 Å². The molecule has 1 heterocycles. The van der Waals surface area contributed by atoms with Gasteiger partial charge < -0.3 is 10.3 Å².